The van der Waals surface area contributed by atoms with E-state index in [0.717, 1.165) is 11.6 Å². The van der Waals surface area contributed by atoms with Gasteiger partial charge in [0.25, 0.3) is 0 Å². The SMILES string of the molecule is Clc1ccc2sc(/C=C/Cn3ccnc3)cc2c1. The van der Waals surface area contributed by atoms with Gasteiger partial charge in [-0.15, -0.1) is 11.3 Å². The predicted octanol–water partition coefficient (Wildman–Crippen LogP) is 4.46. The molecule has 0 saturated heterocycles. The molecule has 0 saturated carbocycles. The summed E-state index contributed by atoms with van der Waals surface area (Å²) in [5.74, 6) is 0. The van der Waals surface area contributed by atoms with Crippen LogP contribution in [0.5, 0.6) is 0 Å². The first-order valence-electron chi connectivity index (χ1n) is 5.63. The van der Waals surface area contributed by atoms with Gasteiger partial charge in [-0.3, -0.25) is 0 Å². The molecule has 4 heteroatoms. The average Bonchev–Trinajstić information content (AvgIpc) is 2.97. The normalized spacial score (nSPS) is 11.6. The zero-order valence-electron chi connectivity index (χ0n) is 9.58. The van der Waals surface area contributed by atoms with Crippen LogP contribution >= 0.6 is 22.9 Å². The van der Waals surface area contributed by atoms with Crippen LogP contribution in [-0.2, 0) is 6.54 Å². The van der Waals surface area contributed by atoms with Crippen LogP contribution in [0.2, 0.25) is 5.02 Å². The van der Waals surface area contributed by atoms with E-state index in [2.05, 4.69) is 29.3 Å². The fraction of sp³-hybridized carbons (Fsp3) is 0.0714. The summed E-state index contributed by atoms with van der Waals surface area (Å²) in [6.45, 7) is 0.842. The lowest BCUT2D eigenvalue weighted by Crippen LogP contribution is -1.88. The monoisotopic (exact) mass is 274 g/mol. The number of hydrogen-bond donors (Lipinski definition) is 0. The number of benzene rings is 1. The summed E-state index contributed by atoms with van der Waals surface area (Å²) >= 11 is 7.75. The zero-order valence-corrected chi connectivity index (χ0v) is 11.2. The van der Waals surface area contributed by atoms with Gasteiger partial charge < -0.3 is 4.57 Å². The van der Waals surface area contributed by atoms with Crippen molar-refractivity contribution in [2.75, 3.05) is 0 Å². The molecule has 0 spiro atoms. The lowest BCUT2D eigenvalue weighted by Gasteiger charge is -1.92. The molecule has 3 rings (SSSR count). The highest BCUT2D eigenvalue weighted by Gasteiger charge is 1.99. The molecule has 0 aliphatic carbocycles. The van der Waals surface area contributed by atoms with Crippen molar-refractivity contribution in [3.63, 3.8) is 0 Å². The van der Waals surface area contributed by atoms with Crippen molar-refractivity contribution >= 4 is 39.1 Å². The second-order valence-electron chi connectivity index (χ2n) is 3.99. The number of fused-ring (bicyclic) bond motifs is 1. The van der Waals surface area contributed by atoms with Crippen molar-refractivity contribution in [2.24, 2.45) is 0 Å². The third kappa shape index (κ3) is 2.47. The van der Waals surface area contributed by atoms with Gasteiger partial charge in [0.15, 0.2) is 0 Å². The zero-order chi connectivity index (χ0) is 12.4. The van der Waals surface area contributed by atoms with Gasteiger partial charge in [-0.25, -0.2) is 4.98 Å². The summed E-state index contributed by atoms with van der Waals surface area (Å²) in [5, 5.41) is 1.99. The highest BCUT2D eigenvalue weighted by atomic mass is 35.5. The van der Waals surface area contributed by atoms with E-state index in [0.29, 0.717) is 0 Å². The molecule has 18 heavy (non-hydrogen) atoms. The number of rotatable bonds is 3. The Morgan fingerprint density at radius 3 is 3.11 bits per heavy atom. The second-order valence-corrected chi connectivity index (χ2v) is 5.54. The van der Waals surface area contributed by atoms with Gasteiger partial charge in [-0.05, 0) is 35.7 Å². The minimum absolute atomic E-state index is 0.786. The molecule has 3 aromatic rings. The first-order valence-corrected chi connectivity index (χ1v) is 6.82. The summed E-state index contributed by atoms with van der Waals surface area (Å²) in [6.07, 6.45) is 9.83. The third-order valence-corrected chi connectivity index (χ3v) is 3.97. The van der Waals surface area contributed by atoms with Crippen LogP contribution in [0.1, 0.15) is 4.88 Å². The molecule has 0 fully saturated rings. The van der Waals surface area contributed by atoms with E-state index in [1.807, 2.05) is 29.2 Å². The Labute approximate surface area is 114 Å². The molecule has 1 aromatic carbocycles. The predicted molar refractivity (Wildman–Crippen MR) is 78.1 cm³/mol. The molecule has 0 atom stereocenters. The van der Waals surface area contributed by atoms with Gasteiger partial charge in [0.2, 0.25) is 0 Å². The summed E-state index contributed by atoms with van der Waals surface area (Å²) in [6, 6.07) is 8.16. The fourth-order valence-corrected chi connectivity index (χ4v) is 2.96. The molecule has 2 nitrogen and oxygen atoms in total. The summed E-state index contributed by atoms with van der Waals surface area (Å²) in [5.41, 5.74) is 0. The number of aromatic nitrogens is 2. The van der Waals surface area contributed by atoms with E-state index < -0.39 is 0 Å². The summed E-state index contributed by atoms with van der Waals surface area (Å²) < 4.78 is 3.29. The van der Waals surface area contributed by atoms with E-state index in [1.165, 1.54) is 15.0 Å². The Balaban J connectivity index is 1.80. The van der Waals surface area contributed by atoms with E-state index in [4.69, 9.17) is 11.6 Å². The first kappa shape index (κ1) is 11.5. The van der Waals surface area contributed by atoms with Crippen molar-refractivity contribution in [3.8, 4) is 0 Å². The number of halogens is 1. The Morgan fingerprint density at radius 1 is 1.33 bits per heavy atom. The van der Waals surface area contributed by atoms with E-state index in [-0.39, 0.29) is 0 Å². The van der Waals surface area contributed by atoms with E-state index >= 15 is 0 Å². The molecular formula is C14H11ClN2S. The summed E-state index contributed by atoms with van der Waals surface area (Å²) in [4.78, 5) is 5.25. The second kappa shape index (κ2) is 4.96. The number of nitrogens with zero attached hydrogens (tertiary/aromatic N) is 2. The van der Waals surface area contributed by atoms with Crippen LogP contribution in [-0.4, -0.2) is 9.55 Å². The van der Waals surface area contributed by atoms with Gasteiger partial charge in [-0.2, -0.15) is 0 Å². The lowest BCUT2D eigenvalue weighted by molar-refractivity contribution is 0.823. The highest BCUT2D eigenvalue weighted by molar-refractivity contribution is 7.19. The molecule has 0 N–H and O–H groups in total. The van der Waals surface area contributed by atoms with Crippen molar-refractivity contribution in [1.29, 1.82) is 0 Å². The van der Waals surface area contributed by atoms with Crippen LogP contribution in [0, 0.1) is 0 Å². The van der Waals surface area contributed by atoms with Gasteiger partial charge in [0.05, 0.1) is 6.33 Å². The molecular weight excluding hydrogens is 264 g/mol. The van der Waals surface area contributed by atoms with Crippen LogP contribution in [0.15, 0.2) is 49.1 Å². The highest BCUT2D eigenvalue weighted by Crippen LogP contribution is 2.28. The van der Waals surface area contributed by atoms with Crippen molar-refractivity contribution in [3.05, 3.63) is 59.0 Å². The maximum atomic E-state index is 5.98. The van der Waals surface area contributed by atoms with Crippen molar-refractivity contribution in [1.82, 2.24) is 9.55 Å². The summed E-state index contributed by atoms with van der Waals surface area (Å²) in [7, 11) is 0. The van der Waals surface area contributed by atoms with Gasteiger partial charge in [0, 0.05) is 33.5 Å². The number of allylic oxidation sites excluding steroid dienone is 1. The average molecular weight is 275 g/mol. The third-order valence-electron chi connectivity index (χ3n) is 2.65. The minimum Gasteiger partial charge on any atom is -0.334 e. The molecule has 2 heterocycles. The maximum Gasteiger partial charge on any atom is 0.0948 e. The van der Waals surface area contributed by atoms with E-state index in [9.17, 15) is 0 Å². The van der Waals surface area contributed by atoms with Gasteiger partial charge >= 0.3 is 0 Å². The van der Waals surface area contributed by atoms with Crippen molar-refractivity contribution in [2.45, 2.75) is 6.54 Å². The maximum absolute atomic E-state index is 5.98. The fourth-order valence-electron chi connectivity index (χ4n) is 1.80. The van der Waals surface area contributed by atoms with E-state index in [1.54, 1.807) is 17.5 Å². The quantitative estimate of drug-likeness (QED) is 0.689. The molecule has 0 amide bonds. The molecule has 90 valence electrons. The first-order chi connectivity index (χ1) is 8.81. The Bertz CT molecular complexity index is 683. The van der Waals surface area contributed by atoms with Crippen LogP contribution < -0.4 is 0 Å². The standard InChI is InChI=1S/C14H11ClN2S/c15-12-3-4-14-11(8-12)9-13(18-14)2-1-6-17-7-5-16-10-17/h1-5,7-10H,6H2/b2-1+. The molecule has 0 unspecified atom stereocenters. The topological polar surface area (TPSA) is 17.8 Å². The molecule has 0 bridgehead atoms. The number of thiophene rings is 1. The van der Waals surface area contributed by atoms with Crippen LogP contribution in [0.3, 0.4) is 0 Å². The van der Waals surface area contributed by atoms with Crippen molar-refractivity contribution < 1.29 is 0 Å². The Morgan fingerprint density at radius 2 is 2.28 bits per heavy atom. The number of hydrogen-bond acceptors (Lipinski definition) is 2. The van der Waals surface area contributed by atoms with Crippen LogP contribution in [0.25, 0.3) is 16.2 Å². The number of imidazole rings is 1. The smallest absolute Gasteiger partial charge is 0.0948 e. The molecule has 0 radical (unpaired) electrons. The lowest BCUT2D eigenvalue weighted by atomic mass is 10.2. The minimum atomic E-state index is 0.786. The largest absolute Gasteiger partial charge is 0.334 e. The van der Waals surface area contributed by atoms with Gasteiger partial charge in [-0.1, -0.05) is 17.7 Å². The molecule has 2 aromatic heterocycles. The molecule has 0 aliphatic rings. The van der Waals surface area contributed by atoms with Gasteiger partial charge in [0.1, 0.15) is 0 Å². The Kier molecular flexibility index (Phi) is 3.17. The molecule has 0 aliphatic heterocycles. The van der Waals surface area contributed by atoms with Crippen LogP contribution in [0.4, 0.5) is 0 Å². The Hall–Kier alpha value is -1.58.